The third kappa shape index (κ3) is 2.22. The molecule has 1 aromatic carbocycles. The highest BCUT2D eigenvalue weighted by Crippen LogP contribution is 2.26. The minimum absolute atomic E-state index is 0.0379. The van der Waals surface area contributed by atoms with Gasteiger partial charge in [-0.1, -0.05) is 0 Å². The molecule has 0 atom stereocenters. The Morgan fingerprint density at radius 1 is 1.22 bits per heavy atom. The standard InChI is InChI=1S/C12H11F2N3O/c1-15-12-16-6-9(14)11(17-12)7-3-4-10(18-2)8(13)5-7/h3-6H,1-2H3,(H,15,16,17). The molecular formula is C12H11F2N3O. The molecule has 18 heavy (non-hydrogen) atoms. The Morgan fingerprint density at radius 2 is 2.00 bits per heavy atom. The van der Waals surface area contributed by atoms with Crippen LogP contribution in [0, 0.1) is 11.6 Å². The fourth-order valence-corrected chi connectivity index (χ4v) is 1.50. The highest BCUT2D eigenvalue weighted by atomic mass is 19.1. The molecule has 0 spiro atoms. The molecule has 0 aliphatic carbocycles. The van der Waals surface area contributed by atoms with Gasteiger partial charge in [-0.3, -0.25) is 0 Å². The summed E-state index contributed by atoms with van der Waals surface area (Å²) in [7, 11) is 2.98. The molecule has 4 nitrogen and oxygen atoms in total. The molecule has 0 saturated carbocycles. The number of nitrogens with one attached hydrogen (secondary N) is 1. The van der Waals surface area contributed by atoms with E-state index in [2.05, 4.69) is 15.3 Å². The van der Waals surface area contributed by atoms with Gasteiger partial charge in [0.05, 0.1) is 13.3 Å². The van der Waals surface area contributed by atoms with E-state index < -0.39 is 11.6 Å². The van der Waals surface area contributed by atoms with Gasteiger partial charge in [0, 0.05) is 12.6 Å². The maximum absolute atomic E-state index is 13.6. The number of methoxy groups -OCH3 is 1. The Bertz CT molecular complexity index is 575. The van der Waals surface area contributed by atoms with Gasteiger partial charge < -0.3 is 10.1 Å². The van der Waals surface area contributed by atoms with Crippen LogP contribution in [0.1, 0.15) is 0 Å². The first-order chi connectivity index (χ1) is 8.65. The van der Waals surface area contributed by atoms with Gasteiger partial charge in [0.2, 0.25) is 5.95 Å². The van der Waals surface area contributed by atoms with Gasteiger partial charge in [-0.05, 0) is 18.2 Å². The Morgan fingerprint density at radius 3 is 2.61 bits per heavy atom. The number of ether oxygens (including phenoxy) is 1. The summed E-state index contributed by atoms with van der Waals surface area (Å²) in [4.78, 5) is 7.68. The molecule has 0 unspecified atom stereocenters. The van der Waals surface area contributed by atoms with Gasteiger partial charge in [0.1, 0.15) is 5.69 Å². The normalized spacial score (nSPS) is 10.2. The quantitative estimate of drug-likeness (QED) is 0.910. The average molecular weight is 251 g/mol. The predicted octanol–water partition coefficient (Wildman–Crippen LogP) is 2.47. The fraction of sp³-hybridized carbons (Fsp3) is 0.167. The van der Waals surface area contributed by atoms with E-state index in [9.17, 15) is 8.78 Å². The van der Waals surface area contributed by atoms with E-state index in [1.807, 2.05) is 0 Å². The van der Waals surface area contributed by atoms with Crippen molar-refractivity contribution in [3.8, 4) is 17.0 Å². The van der Waals surface area contributed by atoms with Crippen LogP contribution in [0.25, 0.3) is 11.3 Å². The van der Waals surface area contributed by atoms with Gasteiger partial charge in [-0.2, -0.15) is 0 Å². The smallest absolute Gasteiger partial charge is 0.223 e. The zero-order valence-electron chi connectivity index (χ0n) is 9.87. The van der Waals surface area contributed by atoms with Gasteiger partial charge >= 0.3 is 0 Å². The van der Waals surface area contributed by atoms with Gasteiger partial charge in [0.15, 0.2) is 17.4 Å². The number of halogens is 2. The first-order valence-corrected chi connectivity index (χ1v) is 5.20. The lowest BCUT2D eigenvalue weighted by molar-refractivity contribution is 0.386. The van der Waals surface area contributed by atoms with Crippen molar-refractivity contribution < 1.29 is 13.5 Å². The molecular weight excluding hydrogens is 240 g/mol. The summed E-state index contributed by atoms with van der Waals surface area (Å²) >= 11 is 0. The summed E-state index contributed by atoms with van der Waals surface area (Å²) in [6.07, 6.45) is 1.04. The summed E-state index contributed by atoms with van der Waals surface area (Å²) in [5.41, 5.74) is 0.362. The van der Waals surface area contributed by atoms with E-state index in [4.69, 9.17) is 4.74 Å². The lowest BCUT2D eigenvalue weighted by atomic mass is 10.1. The lowest BCUT2D eigenvalue weighted by Crippen LogP contribution is -2.00. The van der Waals surface area contributed by atoms with E-state index in [0.29, 0.717) is 5.56 Å². The Hall–Kier alpha value is -2.24. The first kappa shape index (κ1) is 12.2. The van der Waals surface area contributed by atoms with Crippen LogP contribution in [0.15, 0.2) is 24.4 Å². The summed E-state index contributed by atoms with van der Waals surface area (Å²) in [5, 5.41) is 2.69. The molecule has 2 rings (SSSR count). The summed E-state index contributed by atoms with van der Waals surface area (Å²) in [6, 6.07) is 4.13. The number of benzene rings is 1. The molecule has 6 heteroatoms. The third-order valence-corrected chi connectivity index (χ3v) is 2.39. The Kier molecular flexibility index (Phi) is 3.36. The minimum Gasteiger partial charge on any atom is -0.494 e. The zero-order valence-corrected chi connectivity index (χ0v) is 9.87. The van der Waals surface area contributed by atoms with Crippen molar-refractivity contribution in [2.75, 3.05) is 19.5 Å². The van der Waals surface area contributed by atoms with Crippen LogP contribution in [-0.2, 0) is 0 Å². The maximum atomic E-state index is 13.6. The van der Waals surface area contributed by atoms with Crippen molar-refractivity contribution in [3.05, 3.63) is 36.0 Å². The Balaban J connectivity index is 2.51. The molecule has 0 saturated heterocycles. The zero-order chi connectivity index (χ0) is 13.1. The molecule has 0 aliphatic heterocycles. The topological polar surface area (TPSA) is 47.0 Å². The number of hydrogen-bond acceptors (Lipinski definition) is 4. The first-order valence-electron chi connectivity index (χ1n) is 5.20. The second kappa shape index (κ2) is 4.95. The molecule has 1 N–H and O–H groups in total. The minimum atomic E-state index is -0.612. The van der Waals surface area contributed by atoms with Crippen LogP contribution in [0.4, 0.5) is 14.7 Å². The van der Waals surface area contributed by atoms with Crippen molar-refractivity contribution in [2.24, 2.45) is 0 Å². The van der Waals surface area contributed by atoms with Crippen molar-refractivity contribution in [3.63, 3.8) is 0 Å². The second-order valence-corrected chi connectivity index (χ2v) is 3.49. The third-order valence-electron chi connectivity index (χ3n) is 2.39. The highest BCUT2D eigenvalue weighted by molar-refractivity contribution is 5.62. The van der Waals surface area contributed by atoms with Crippen molar-refractivity contribution in [1.82, 2.24) is 9.97 Å². The molecule has 1 aromatic heterocycles. The van der Waals surface area contributed by atoms with Crippen molar-refractivity contribution >= 4 is 5.95 Å². The molecule has 0 radical (unpaired) electrons. The largest absolute Gasteiger partial charge is 0.494 e. The van der Waals surface area contributed by atoms with E-state index in [1.54, 1.807) is 7.05 Å². The predicted molar refractivity (Wildman–Crippen MR) is 63.5 cm³/mol. The van der Waals surface area contributed by atoms with Gasteiger partial charge in [-0.25, -0.2) is 18.7 Å². The van der Waals surface area contributed by atoms with Gasteiger partial charge in [0.25, 0.3) is 0 Å². The number of nitrogens with zero attached hydrogens (tertiary/aromatic N) is 2. The summed E-state index contributed by atoms with van der Waals surface area (Å²) in [6.45, 7) is 0. The number of hydrogen-bond donors (Lipinski definition) is 1. The van der Waals surface area contributed by atoms with Crippen LogP contribution < -0.4 is 10.1 Å². The number of rotatable bonds is 3. The van der Waals surface area contributed by atoms with Crippen LogP contribution in [-0.4, -0.2) is 24.1 Å². The van der Waals surface area contributed by atoms with Crippen LogP contribution >= 0.6 is 0 Å². The number of aromatic nitrogens is 2. The van der Waals surface area contributed by atoms with E-state index in [0.717, 1.165) is 6.20 Å². The number of anilines is 1. The molecule has 0 bridgehead atoms. The monoisotopic (exact) mass is 251 g/mol. The summed E-state index contributed by atoms with van der Waals surface area (Å²) in [5.74, 6) is -0.817. The van der Waals surface area contributed by atoms with Crippen LogP contribution in [0.5, 0.6) is 5.75 Å². The second-order valence-electron chi connectivity index (χ2n) is 3.49. The Labute approximate surface area is 103 Å². The molecule has 0 fully saturated rings. The van der Waals surface area contributed by atoms with E-state index >= 15 is 0 Å². The van der Waals surface area contributed by atoms with Crippen LogP contribution in [0.3, 0.4) is 0 Å². The molecule has 1 heterocycles. The van der Waals surface area contributed by atoms with E-state index in [-0.39, 0.29) is 17.4 Å². The SMILES string of the molecule is CNc1ncc(F)c(-c2ccc(OC)c(F)c2)n1. The summed E-state index contributed by atoms with van der Waals surface area (Å²) < 4.78 is 31.9. The highest BCUT2D eigenvalue weighted by Gasteiger charge is 2.11. The van der Waals surface area contributed by atoms with E-state index in [1.165, 1.54) is 25.3 Å². The van der Waals surface area contributed by atoms with Gasteiger partial charge in [-0.15, -0.1) is 0 Å². The molecule has 94 valence electrons. The molecule has 0 aliphatic rings. The van der Waals surface area contributed by atoms with Crippen LogP contribution in [0.2, 0.25) is 0 Å². The average Bonchev–Trinajstić information content (AvgIpc) is 2.39. The molecule has 2 aromatic rings. The van der Waals surface area contributed by atoms with Crippen molar-refractivity contribution in [2.45, 2.75) is 0 Å². The lowest BCUT2D eigenvalue weighted by Gasteiger charge is -2.07. The maximum Gasteiger partial charge on any atom is 0.223 e. The molecule has 0 amide bonds. The fourth-order valence-electron chi connectivity index (χ4n) is 1.50. The van der Waals surface area contributed by atoms with Crippen molar-refractivity contribution in [1.29, 1.82) is 0 Å².